The van der Waals surface area contributed by atoms with Crippen LogP contribution in [0.3, 0.4) is 0 Å². The first-order valence-corrected chi connectivity index (χ1v) is 5.30. The number of aliphatic carboxylic acids is 1. The van der Waals surface area contributed by atoms with Crippen LogP contribution in [0.4, 0.5) is 5.82 Å². The Hall–Kier alpha value is -1.10. The van der Waals surface area contributed by atoms with E-state index in [2.05, 4.69) is 26.2 Å². The molecule has 0 radical (unpaired) electrons. The summed E-state index contributed by atoms with van der Waals surface area (Å²) in [5.41, 5.74) is -0.507. The van der Waals surface area contributed by atoms with Crippen LogP contribution in [-0.2, 0) is 4.79 Å². The standard InChI is InChI=1S/C10H13BrN2O2/c1-10(2,5-9(14)15)13-8-4-3-7(11)6-12-8/h3-4,6H,5H2,1-2H3,(H,12,13)(H,14,15). The number of hydrogen-bond donors (Lipinski definition) is 2. The lowest BCUT2D eigenvalue weighted by molar-refractivity contribution is -0.137. The minimum absolute atomic E-state index is 0.0464. The second-order valence-electron chi connectivity index (χ2n) is 3.94. The maximum Gasteiger partial charge on any atom is 0.305 e. The smallest absolute Gasteiger partial charge is 0.305 e. The third kappa shape index (κ3) is 4.29. The second kappa shape index (κ2) is 4.61. The summed E-state index contributed by atoms with van der Waals surface area (Å²) in [7, 11) is 0. The number of carboxylic acid groups (broad SMARTS) is 1. The highest BCUT2D eigenvalue weighted by molar-refractivity contribution is 9.10. The molecule has 0 fully saturated rings. The fraction of sp³-hybridized carbons (Fsp3) is 0.400. The molecule has 5 heteroatoms. The highest BCUT2D eigenvalue weighted by Crippen LogP contribution is 2.17. The van der Waals surface area contributed by atoms with Gasteiger partial charge in [-0.3, -0.25) is 4.79 Å². The molecule has 0 spiro atoms. The lowest BCUT2D eigenvalue weighted by Gasteiger charge is -2.24. The maximum atomic E-state index is 10.6. The van der Waals surface area contributed by atoms with Crippen molar-refractivity contribution in [2.45, 2.75) is 25.8 Å². The van der Waals surface area contributed by atoms with Crippen LogP contribution >= 0.6 is 15.9 Å². The van der Waals surface area contributed by atoms with Gasteiger partial charge in [0.15, 0.2) is 0 Å². The van der Waals surface area contributed by atoms with Gasteiger partial charge in [0.25, 0.3) is 0 Å². The Kier molecular flexibility index (Phi) is 3.68. The number of pyridine rings is 1. The number of anilines is 1. The SMILES string of the molecule is CC(C)(CC(=O)O)Nc1ccc(Br)cn1. The third-order valence-electron chi connectivity index (χ3n) is 1.79. The van der Waals surface area contributed by atoms with E-state index in [4.69, 9.17) is 5.11 Å². The molecule has 1 rings (SSSR count). The summed E-state index contributed by atoms with van der Waals surface area (Å²) in [6, 6.07) is 3.65. The predicted octanol–water partition coefficient (Wildman–Crippen LogP) is 2.51. The van der Waals surface area contributed by atoms with Gasteiger partial charge in [0.1, 0.15) is 5.82 Å². The first kappa shape index (κ1) is 12.0. The van der Waals surface area contributed by atoms with Crippen LogP contribution < -0.4 is 5.32 Å². The lowest BCUT2D eigenvalue weighted by Crippen LogP contribution is -2.33. The molecule has 1 aromatic rings. The molecule has 15 heavy (non-hydrogen) atoms. The molecule has 0 atom stereocenters. The van der Waals surface area contributed by atoms with E-state index < -0.39 is 11.5 Å². The molecule has 0 aromatic carbocycles. The van der Waals surface area contributed by atoms with Gasteiger partial charge in [-0.1, -0.05) is 0 Å². The van der Waals surface area contributed by atoms with Crippen LogP contribution in [0.2, 0.25) is 0 Å². The fourth-order valence-electron chi connectivity index (χ4n) is 1.22. The monoisotopic (exact) mass is 272 g/mol. The Balaban J connectivity index is 2.68. The number of nitrogens with one attached hydrogen (secondary N) is 1. The van der Waals surface area contributed by atoms with Crippen LogP contribution in [0.1, 0.15) is 20.3 Å². The Bertz CT molecular complexity index is 349. The molecule has 82 valence electrons. The fourth-order valence-corrected chi connectivity index (χ4v) is 1.45. The van der Waals surface area contributed by atoms with Gasteiger partial charge in [-0.25, -0.2) is 4.98 Å². The van der Waals surface area contributed by atoms with E-state index in [9.17, 15) is 4.79 Å². The zero-order valence-corrected chi connectivity index (χ0v) is 10.2. The van der Waals surface area contributed by atoms with Crippen LogP contribution in [0.25, 0.3) is 0 Å². The number of carboxylic acids is 1. The van der Waals surface area contributed by atoms with E-state index in [0.717, 1.165) is 4.47 Å². The van der Waals surface area contributed by atoms with E-state index >= 15 is 0 Å². The van der Waals surface area contributed by atoms with Gasteiger partial charge in [0.05, 0.1) is 6.42 Å². The minimum atomic E-state index is -0.829. The predicted molar refractivity (Wildman–Crippen MR) is 61.9 cm³/mol. The summed E-state index contributed by atoms with van der Waals surface area (Å²) in [5.74, 6) is -0.158. The van der Waals surface area contributed by atoms with Gasteiger partial charge in [0, 0.05) is 16.2 Å². The molecule has 0 amide bonds. The topological polar surface area (TPSA) is 62.2 Å². The molecular formula is C10H13BrN2O2. The molecule has 0 aliphatic heterocycles. The average molecular weight is 273 g/mol. The van der Waals surface area contributed by atoms with E-state index in [-0.39, 0.29) is 6.42 Å². The van der Waals surface area contributed by atoms with Crippen molar-refractivity contribution in [3.05, 3.63) is 22.8 Å². The van der Waals surface area contributed by atoms with E-state index in [0.29, 0.717) is 5.82 Å². The zero-order valence-electron chi connectivity index (χ0n) is 8.62. The lowest BCUT2D eigenvalue weighted by atomic mass is 10.0. The molecule has 0 unspecified atom stereocenters. The van der Waals surface area contributed by atoms with E-state index in [1.54, 1.807) is 12.3 Å². The van der Waals surface area contributed by atoms with Crippen LogP contribution in [-0.4, -0.2) is 21.6 Å². The number of halogens is 1. The maximum absolute atomic E-state index is 10.6. The number of carbonyl (C=O) groups is 1. The van der Waals surface area contributed by atoms with Crippen molar-refractivity contribution in [3.8, 4) is 0 Å². The molecule has 1 heterocycles. The van der Waals surface area contributed by atoms with Crippen molar-refractivity contribution in [1.29, 1.82) is 0 Å². The van der Waals surface area contributed by atoms with Crippen molar-refractivity contribution in [3.63, 3.8) is 0 Å². The molecule has 0 bridgehead atoms. The molecule has 0 saturated carbocycles. The molecule has 0 saturated heterocycles. The molecular weight excluding hydrogens is 260 g/mol. The number of nitrogens with zero attached hydrogens (tertiary/aromatic N) is 1. The van der Waals surface area contributed by atoms with Gasteiger partial charge in [-0.2, -0.15) is 0 Å². The number of aromatic nitrogens is 1. The number of rotatable bonds is 4. The Morgan fingerprint density at radius 3 is 2.73 bits per heavy atom. The molecule has 0 aliphatic rings. The van der Waals surface area contributed by atoms with Crippen molar-refractivity contribution in [2.75, 3.05) is 5.32 Å². The molecule has 4 nitrogen and oxygen atoms in total. The van der Waals surface area contributed by atoms with Crippen LogP contribution in [0.15, 0.2) is 22.8 Å². The summed E-state index contributed by atoms with van der Waals surface area (Å²) in [6.07, 6.45) is 1.71. The first-order valence-electron chi connectivity index (χ1n) is 4.50. The van der Waals surface area contributed by atoms with Gasteiger partial charge in [-0.05, 0) is 41.9 Å². The highest BCUT2D eigenvalue weighted by Gasteiger charge is 2.21. The molecule has 2 N–H and O–H groups in total. The van der Waals surface area contributed by atoms with Crippen molar-refractivity contribution in [2.24, 2.45) is 0 Å². The van der Waals surface area contributed by atoms with Crippen LogP contribution in [0.5, 0.6) is 0 Å². The third-order valence-corrected chi connectivity index (χ3v) is 2.26. The number of hydrogen-bond acceptors (Lipinski definition) is 3. The normalized spacial score (nSPS) is 11.1. The summed E-state index contributed by atoms with van der Waals surface area (Å²) in [5, 5.41) is 11.8. The Morgan fingerprint density at radius 1 is 1.60 bits per heavy atom. The molecule has 0 aliphatic carbocycles. The van der Waals surface area contributed by atoms with Gasteiger partial charge in [-0.15, -0.1) is 0 Å². The first-order chi connectivity index (χ1) is 6.89. The van der Waals surface area contributed by atoms with Crippen molar-refractivity contribution in [1.82, 2.24) is 4.98 Å². The largest absolute Gasteiger partial charge is 0.481 e. The summed E-state index contributed by atoms with van der Waals surface area (Å²) >= 11 is 3.28. The van der Waals surface area contributed by atoms with Gasteiger partial charge >= 0.3 is 5.97 Å². The summed E-state index contributed by atoms with van der Waals surface area (Å²) < 4.78 is 0.893. The zero-order chi connectivity index (χ0) is 11.5. The quantitative estimate of drug-likeness (QED) is 0.884. The highest BCUT2D eigenvalue weighted by atomic mass is 79.9. The molecule has 1 aromatic heterocycles. The van der Waals surface area contributed by atoms with E-state index in [1.165, 1.54) is 0 Å². The van der Waals surface area contributed by atoms with Crippen LogP contribution in [0, 0.1) is 0 Å². The van der Waals surface area contributed by atoms with Gasteiger partial charge in [0.2, 0.25) is 0 Å². The second-order valence-corrected chi connectivity index (χ2v) is 4.86. The Labute approximate surface area is 96.8 Å². The van der Waals surface area contributed by atoms with E-state index in [1.807, 2.05) is 19.9 Å². The average Bonchev–Trinajstić information content (AvgIpc) is 2.06. The summed E-state index contributed by atoms with van der Waals surface area (Å²) in [6.45, 7) is 3.65. The van der Waals surface area contributed by atoms with Crippen molar-refractivity contribution < 1.29 is 9.90 Å². The van der Waals surface area contributed by atoms with Gasteiger partial charge < -0.3 is 10.4 Å². The Morgan fingerprint density at radius 2 is 2.27 bits per heavy atom. The summed E-state index contributed by atoms with van der Waals surface area (Å²) in [4.78, 5) is 14.7. The minimum Gasteiger partial charge on any atom is -0.481 e. The van der Waals surface area contributed by atoms with Crippen molar-refractivity contribution >= 4 is 27.7 Å².